The first-order chi connectivity index (χ1) is 2.00. The number of hydrogen-bond donors (Lipinski definition) is 3. The molecule has 0 heterocycles. The SMILES string of the molecule is O=P(O)(O)O.[BaH2].[Zn]. The van der Waals surface area contributed by atoms with Crippen LogP contribution in [0.1, 0.15) is 0 Å². The number of rotatable bonds is 0. The Hall–Kier alpha value is 2.30. The molecule has 0 aromatic carbocycles. The molecule has 38 valence electrons. The van der Waals surface area contributed by atoms with Gasteiger partial charge in [-0.3, -0.25) is 0 Å². The van der Waals surface area contributed by atoms with Crippen molar-refractivity contribution in [3.63, 3.8) is 0 Å². The standard InChI is InChI=1S/Ba.H3O4P.Zn.2H/c;1-5(2,3)4;;;/h;(H3,1,2,3,4);;;. The summed E-state index contributed by atoms with van der Waals surface area (Å²) in [6.45, 7) is 0. The van der Waals surface area contributed by atoms with Gasteiger partial charge in [0.1, 0.15) is 0 Å². The molecule has 7 heavy (non-hydrogen) atoms. The van der Waals surface area contributed by atoms with Crippen molar-refractivity contribution in [3.05, 3.63) is 0 Å². The summed E-state index contributed by atoms with van der Waals surface area (Å²) in [5.41, 5.74) is 0. The fourth-order valence-electron chi connectivity index (χ4n) is 0. The predicted octanol–water partition coefficient (Wildman–Crippen LogP) is -1.85. The van der Waals surface area contributed by atoms with Crippen molar-refractivity contribution >= 4 is 56.7 Å². The van der Waals surface area contributed by atoms with Gasteiger partial charge in [0.25, 0.3) is 0 Å². The second-order valence-corrected chi connectivity index (χ2v) is 1.54. The molecule has 0 atom stereocenters. The van der Waals surface area contributed by atoms with Crippen LogP contribution in [-0.2, 0) is 24.0 Å². The fourth-order valence-corrected chi connectivity index (χ4v) is 0. The van der Waals surface area contributed by atoms with Crippen molar-refractivity contribution in [1.29, 1.82) is 0 Å². The normalized spacial score (nSPS) is 8.43. The topological polar surface area (TPSA) is 77.8 Å². The summed E-state index contributed by atoms with van der Waals surface area (Å²) in [5.74, 6) is 0. The van der Waals surface area contributed by atoms with Crippen LogP contribution in [0.3, 0.4) is 0 Å². The van der Waals surface area contributed by atoms with E-state index in [-0.39, 0.29) is 68.4 Å². The van der Waals surface area contributed by atoms with Crippen LogP contribution in [0, 0.1) is 0 Å². The first-order valence-electron chi connectivity index (χ1n) is 0.783. The quantitative estimate of drug-likeness (QED) is 0.363. The van der Waals surface area contributed by atoms with Gasteiger partial charge >= 0.3 is 56.7 Å². The molecule has 0 saturated heterocycles. The fraction of sp³-hybridized carbons (Fsp3) is 0. The summed E-state index contributed by atoms with van der Waals surface area (Å²) in [6.07, 6.45) is 0. The Morgan fingerprint density at radius 3 is 1.14 bits per heavy atom. The summed E-state index contributed by atoms with van der Waals surface area (Å²) in [7, 11) is -4.64. The van der Waals surface area contributed by atoms with Gasteiger partial charge in [-0.1, -0.05) is 0 Å². The van der Waals surface area contributed by atoms with E-state index in [0.717, 1.165) is 0 Å². The first-order valence-corrected chi connectivity index (χ1v) is 2.35. The zero-order valence-electron chi connectivity index (χ0n) is 2.90. The maximum absolute atomic E-state index is 8.88. The van der Waals surface area contributed by atoms with Gasteiger partial charge in [-0.15, -0.1) is 0 Å². The summed E-state index contributed by atoms with van der Waals surface area (Å²) in [4.78, 5) is 21.6. The molecule has 0 saturated carbocycles. The average molecular weight is 303 g/mol. The third-order valence-corrected chi connectivity index (χ3v) is 0. The first kappa shape index (κ1) is 16.1. The van der Waals surface area contributed by atoms with Crippen molar-refractivity contribution in [2.75, 3.05) is 0 Å². The molecular weight excluding hydrogens is 298 g/mol. The molecule has 0 fully saturated rings. The van der Waals surface area contributed by atoms with E-state index in [1.807, 2.05) is 0 Å². The predicted molar refractivity (Wildman–Crippen MR) is 22.8 cm³/mol. The minimum absolute atomic E-state index is 0. The van der Waals surface area contributed by atoms with Crippen LogP contribution in [-0.4, -0.2) is 63.6 Å². The Labute approximate surface area is 93.8 Å². The zero-order chi connectivity index (χ0) is 4.50. The Kier molecular flexibility index (Phi) is 14.8. The van der Waals surface area contributed by atoms with E-state index < -0.39 is 7.82 Å². The van der Waals surface area contributed by atoms with Crippen LogP contribution in [0.4, 0.5) is 0 Å². The molecule has 0 bridgehead atoms. The molecule has 0 radical (unpaired) electrons. The second kappa shape index (κ2) is 6.43. The molecule has 0 aromatic rings. The van der Waals surface area contributed by atoms with Gasteiger partial charge in [0.05, 0.1) is 0 Å². The minimum atomic E-state index is -4.64. The summed E-state index contributed by atoms with van der Waals surface area (Å²) in [6, 6.07) is 0. The van der Waals surface area contributed by atoms with Crippen LogP contribution < -0.4 is 0 Å². The Bertz CT molecular complexity index is 57.8. The van der Waals surface area contributed by atoms with Crippen molar-refractivity contribution in [1.82, 2.24) is 0 Å². The molecule has 0 aliphatic carbocycles. The van der Waals surface area contributed by atoms with Crippen molar-refractivity contribution < 1.29 is 38.7 Å². The van der Waals surface area contributed by atoms with Gasteiger partial charge < -0.3 is 14.7 Å². The number of phosphoric acid groups is 1. The van der Waals surface area contributed by atoms with Crippen LogP contribution >= 0.6 is 7.82 Å². The van der Waals surface area contributed by atoms with E-state index >= 15 is 0 Å². The van der Waals surface area contributed by atoms with Crippen LogP contribution in [0.25, 0.3) is 0 Å². The van der Waals surface area contributed by atoms with Crippen LogP contribution in [0.2, 0.25) is 0 Å². The van der Waals surface area contributed by atoms with Gasteiger partial charge in [-0.2, -0.15) is 0 Å². The van der Waals surface area contributed by atoms with Crippen LogP contribution in [0.5, 0.6) is 0 Å². The molecule has 0 unspecified atom stereocenters. The molecule has 0 aliphatic heterocycles. The molecule has 0 aromatic heterocycles. The van der Waals surface area contributed by atoms with E-state index in [1.54, 1.807) is 0 Å². The average Bonchev–Trinajstić information content (AvgIpc) is 0.722. The van der Waals surface area contributed by atoms with Crippen molar-refractivity contribution in [2.24, 2.45) is 0 Å². The Balaban J connectivity index is -0.0000000800. The Morgan fingerprint density at radius 1 is 1.14 bits per heavy atom. The van der Waals surface area contributed by atoms with Gasteiger partial charge in [-0.25, -0.2) is 4.57 Å². The van der Waals surface area contributed by atoms with Crippen molar-refractivity contribution in [2.45, 2.75) is 0 Å². The maximum atomic E-state index is 8.88. The third kappa shape index (κ3) is 62.1. The maximum Gasteiger partial charge on any atom is 0 e. The summed E-state index contributed by atoms with van der Waals surface area (Å²) in [5, 5.41) is 0. The molecule has 3 N–H and O–H groups in total. The van der Waals surface area contributed by atoms with Gasteiger partial charge in [0.15, 0.2) is 0 Å². The molecular formula is H5BaO4PZn. The number of hydrogen-bond acceptors (Lipinski definition) is 1. The molecule has 0 rings (SSSR count). The van der Waals surface area contributed by atoms with E-state index in [2.05, 4.69) is 0 Å². The summed E-state index contributed by atoms with van der Waals surface area (Å²) >= 11 is 0. The second-order valence-electron chi connectivity index (χ2n) is 0.513. The third-order valence-electron chi connectivity index (χ3n) is 0. The van der Waals surface area contributed by atoms with E-state index in [4.69, 9.17) is 19.2 Å². The van der Waals surface area contributed by atoms with Crippen LogP contribution in [0.15, 0.2) is 0 Å². The minimum Gasteiger partial charge on any atom is 0 e. The van der Waals surface area contributed by atoms with E-state index in [0.29, 0.717) is 0 Å². The van der Waals surface area contributed by atoms with Gasteiger partial charge in [0, 0.05) is 19.5 Å². The monoisotopic (exact) mass is 302 g/mol. The molecule has 0 amide bonds. The molecule has 0 aliphatic rings. The van der Waals surface area contributed by atoms with Crippen molar-refractivity contribution in [3.8, 4) is 0 Å². The van der Waals surface area contributed by atoms with E-state index in [1.165, 1.54) is 0 Å². The molecule has 7 heteroatoms. The smallest absolute Gasteiger partial charge is 0 e. The van der Waals surface area contributed by atoms with E-state index in [9.17, 15) is 0 Å². The zero-order valence-corrected chi connectivity index (χ0v) is 6.77. The summed E-state index contributed by atoms with van der Waals surface area (Å²) < 4.78 is 8.88. The Morgan fingerprint density at radius 2 is 1.14 bits per heavy atom. The molecule has 4 nitrogen and oxygen atoms in total. The molecule has 0 spiro atoms. The van der Waals surface area contributed by atoms with Gasteiger partial charge in [-0.05, 0) is 0 Å². The largest absolute Gasteiger partial charge is 0 e. The van der Waals surface area contributed by atoms with Gasteiger partial charge in [0.2, 0.25) is 0 Å².